The van der Waals surface area contributed by atoms with Gasteiger partial charge in [0.1, 0.15) is 5.78 Å². The van der Waals surface area contributed by atoms with E-state index >= 15 is 0 Å². The summed E-state index contributed by atoms with van der Waals surface area (Å²) in [6, 6.07) is 1.47. The van der Waals surface area contributed by atoms with Crippen LogP contribution in [0.4, 0.5) is 0 Å². The number of nitrogens with zero attached hydrogens (tertiary/aromatic N) is 2. The van der Waals surface area contributed by atoms with Crippen LogP contribution >= 0.6 is 0 Å². The number of carbonyl (C=O) groups is 1. The van der Waals surface area contributed by atoms with E-state index in [9.17, 15) is 4.79 Å². The molecule has 12 unspecified atom stereocenters. The van der Waals surface area contributed by atoms with E-state index in [1.807, 2.05) is 0 Å². The quantitative estimate of drug-likeness (QED) is 0.240. The molecule has 0 amide bonds. The van der Waals surface area contributed by atoms with Crippen molar-refractivity contribution in [3.05, 3.63) is 0 Å². The van der Waals surface area contributed by atoms with Gasteiger partial charge in [-0.3, -0.25) is 14.8 Å². The summed E-state index contributed by atoms with van der Waals surface area (Å²) in [7, 11) is 0. The largest absolute Gasteiger partial charge is 0.312 e. The SMILES string of the molecule is CC1(C)C2CCC1(C)C(NCCNC1CC3CCC1(C)C3(C)C)C2.CC12CCC(CC1=NCCN=C1CC3CCC1(C)C3(C)C)C2(C)C.CC12CCC(CC1=O)C2(C)C. The minimum absolute atomic E-state index is 0.0255. The molecule has 10 aliphatic carbocycles. The first-order chi connectivity index (χ1) is 27.2. The number of hydrogen-bond donors (Lipinski definition) is 2. The van der Waals surface area contributed by atoms with Crippen LogP contribution < -0.4 is 10.6 Å². The van der Waals surface area contributed by atoms with Crippen molar-refractivity contribution in [2.45, 2.75) is 212 Å². The van der Waals surface area contributed by atoms with Crippen molar-refractivity contribution >= 4 is 17.2 Å². The van der Waals surface area contributed by atoms with Crippen molar-refractivity contribution in [3.8, 4) is 0 Å². The number of ketones is 1. The minimum Gasteiger partial charge on any atom is -0.312 e. The van der Waals surface area contributed by atoms with E-state index in [0.717, 1.165) is 74.8 Å². The molecule has 5 heteroatoms. The summed E-state index contributed by atoms with van der Waals surface area (Å²) in [6.07, 6.45) is 19.8. The lowest BCUT2D eigenvalue weighted by molar-refractivity contribution is -0.128. The second-order valence-corrected chi connectivity index (χ2v) is 26.8. The van der Waals surface area contributed by atoms with Crippen LogP contribution in [0.25, 0.3) is 0 Å². The van der Waals surface area contributed by atoms with Crippen molar-refractivity contribution in [1.29, 1.82) is 0 Å². The van der Waals surface area contributed by atoms with Gasteiger partial charge in [-0.2, -0.15) is 0 Å². The third-order valence-electron chi connectivity index (χ3n) is 24.7. The van der Waals surface area contributed by atoms with Crippen LogP contribution in [-0.4, -0.2) is 55.5 Å². The molecular weight excluding hydrogens is 721 g/mol. The van der Waals surface area contributed by atoms with Crippen LogP contribution in [0.5, 0.6) is 0 Å². The van der Waals surface area contributed by atoms with Gasteiger partial charge >= 0.3 is 0 Å². The zero-order chi connectivity index (χ0) is 43.0. The van der Waals surface area contributed by atoms with Gasteiger partial charge in [0.2, 0.25) is 0 Å². The smallest absolute Gasteiger partial charge is 0.139 e. The van der Waals surface area contributed by atoms with E-state index in [4.69, 9.17) is 9.98 Å². The number of aliphatic imine (C=N–C) groups is 2. The predicted octanol–water partition coefficient (Wildman–Crippen LogP) is 12.6. The molecule has 2 N–H and O–H groups in total. The summed E-state index contributed by atoms with van der Waals surface area (Å²) in [5, 5.41) is 7.90. The highest BCUT2D eigenvalue weighted by molar-refractivity contribution is 5.95. The highest BCUT2D eigenvalue weighted by Gasteiger charge is 2.64. The minimum atomic E-state index is 0.0255. The zero-order valence-electron chi connectivity index (χ0n) is 41.3. The zero-order valence-corrected chi connectivity index (χ0v) is 41.3. The first-order valence-corrected chi connectivity index (χ1v) is 25.3. The van der Waals surface area contributed by atoms with E-state index in [-0.39, 0.29) is 10.8 Å². The van der Waals surface area contributed by atoms with Crippen LogP contribution in [-0.2, 0) is 4.79 Å². The Hall–Kier alpha value is -1.07. The Morgan fingerprint density at radius 3 is 1.00 bits per heavy atom. The van der Waals surface area contributed by atoms with Gasteiger partial charge in [0.25, 0.3) is 0 Å². The van der Waals surface area contributed by atoms with E-state index < -0.39 is 0 Å². The van der Waals surface area contributed by atoms with Crippen molar-refractivity contribution in [1.82, 2.24) is 10.6 Å². The lowest BCUT2D eigenvalue weighted by Crippen LogP contribution is -2.49. The van der Waals surface area contributed by atoms with E-state index in [0.29, 0.717) is 55.0 Å². The normalized spacial score (nSPS) is 48.9. The summed E-state index contributed by atoms with van der Waals surface area (Å²) in [6.45, 7) is 40.7. The second kappa shape index (κ2) is 14.2. The number of Topliss-reactive ketones (excluding diaryl/α,β-unsaturated/α-hetero) is 1. The van der Waals surface area contributed by atoms with E-state index in [2.05, 4.69) is 114 Å². The molecule has 59 heavy (non-hydrogen) atoms. The maximum atomic E-state index is 11.6. The fraction of sp³-hybridized carbons (Fsp3) is 0.944. The summed E-state index contributed by atoms with van der Waals surface area (Å²) in [4.78, 5) is 21.7. The Bertz CT molecular complexity index is 1620. The molecule has 10 saturated carbocycles. The van der Waals surface area contributed by atoms with Crippen LogP contribution in [0.1, 0.15) is 200 Å². The number of nitrogens with one attached hydrogen (secondary N) is 2. The second-order valence-electron chi connectivity index (χ2n) is 26.8. The molecular formula is C54H92N4O. The average molecular weight is 813 g/mol. The topological polar surface area (TPSA) is 65.8 Å². The molecule has 10 bridgehead atoms. The van der Waals surface area contributed by atoms with Gasteiger partial charge < -0.3 is 10.6 Å². The molecule has 0 heterocycles. The summed E-state index contributed by atoms with van der Waals surface area (Å²) >= 11 is 0. The monoisotopic (exact) mass is 813 g/mol. The molecule has 334 valence electrons. The van der Waals surface area contributed by atoms with Gasteiger partial charge in [0, 0.05) is 59.3 Å². The first-order valence-electron chi connectivity index (χ1n) is 25.3. The molecule has 10 rings (SSSR count). The summed E-state index contributed by atoms with van der Waals surface area (Å²) in [5.41, 5.74) is 6.99. The van der Waals surface area contributed by atoms with Gasteiger partial charge in [-0.05, 0) is 157 Å². The Morgan fingerprint density at radius 2 is 0.780 bits per heavy atom. The molecule has 0 spiro atoms. The maximum Gasteiger partial charge on any atom is 0.139 e. The van der Waals surface area contributed by atoms with Crippen LogP contribution in [0.3, 0.4) is 0 Å². The molecule has 12 atom stereocenters. The fourth-order valence-corrected chi connectivity index (χ4v) is 17.1. The first kappa shape index (κ1) is 44.5. The molecule has 0 radical (unpaired) electrons. The van der Waals surface area contributed by atoms with Crippen molar-refractivity contribution in [2.24, 2.45) is 93.7 Å². The fourth-order valence-electron chi connectivity index (χ4n) is 17.1. The Labute approximate surface area is 363 Å². The van der Waals surface area contributed by atoms with E-state index in [1.54, 1.807) is 0 Å². The molecule has 5 nitrogen and oxygen atoms in total. The van der Waals surface area contributed by atoms with Crippen LogP contribution in [0.2, 0.25) is 0 Å². The van der Waals surface area contributed by atoms with E-state index in [1.165, 1.54) is 94.9 Å². The lowest BCUT2D eigenvalue weighted by atomic mass is 9.69. The number of carbonyl (C=O) groups excluding carboxylic acids is 1. The Morgan fingerprint density at radius 1 is 0.441 bits per heavy atom. The molecule has 0 aromatic heterocycles. The Kier molecular flexibility index (Phi) is 10.7. The van der Waals surface area contributed by atoms with Crippen molar-refractivity contribution < 1.29 is 4.79 Å². The number of hydrogen-bond acceptors (Lipinski definition) is 5. The lowest BCUT2D eigenvalue weighted by Gasteiger charge is -2.41. The van der Waals surface area contributed by atoms with Gasteiger partial charge in [-0.1, -0.05) is 104 Å². The maximum absolute atomic E-state index is 11.6. The molecule has 0 aromatic rings. The number of rotatable bonds is 8. The highest BCUT2D eigenvalue weighted by atomic mass is 16.1. The average Bonchev–Trinajstić information content (AvgIpc) is 3.97. The van der Waals surface area contributed by atoms with Gasteiger partial charge in [-0.15, -0.1) is 0 Å². The number of fused-ring (bicyclic) bond motifs is 10. The summed E-state index contributed by atoms with van der Waals surface area (Å²) in [5.74, 6) is 4.80. The van der Waals surface area contributed by atoms with Gasteiger partial charge in [0.05, 0.1) is 13.1 Å². The molecule has 0 saturated heterocycles. The van der Waals surface area contributed by atoms with Gasteiger partial charge in [0.15, 0.2) is 0 Å². The third kappa shape index (κ3) is 6.09. The molecule has 0 aromatic carbocycles. The predicted molar refractivity (Wildman–Crippen MR) is 249 cm³/mol. The van der Waals surface area contributed by atoms with Gasteiger partial charge in [-0.25, -0.2) is 0 Å². The molecule has 10 aliphatic rings. The molecule has 10 fully saturated rings. The molecule has 0 aliphatic heterocycles. The summed E-state index contributed by atoms with van der Waals surface area (Å²) < 4.78 is 0. The standard InChI is InChI=1S/C22H40N2.C22H36N2.C10H16O/c2*1-19(2)15-7-9-21(19,5)17(13-15)23-11-12-24-18-14-16-8-10-22(18,6)20(16,3)4;1-9(2)7-4-5-10(9,3)8(11)6-7/h15-18,23-24H,7-14H2,1-6H3;15-16H,7-14H2,1-6H3;7H,4-6H2,1-3H3. The van der Waals surface area contributed by atoms with Crippen LogP contribution in [0, 0.1) is 83.7 Å². The van der Waals surface area contributed by atoms with Crippen molar-refractivity contribution in [3.63, 3.8) is 0 Å². The van der Waals surface area contributed by atoms with Crippen molar-refractivity contribution in [2.75, 3.05) is 26.2 Å². The Balaban J connectivity index is 0.000000131. The highest BCUT2D eigenvalue weighted by Crippen LogP contribution is 2.68. The third-order valence-corrected chi connectivity index (χ3v) is 24.7. The van der Waals surface area contributed by atoms with Crippen LogP contribution in [0.15, 0.2) is 9.98 Å².